The molecule has 0 aromatic heterocycles. The van der Waals surface area contributed by atoms with Crippen LogP contribution in [-0.4, -0.2) is 27.8 Å². The number of aliphatic carboxylic acids is 1. The average molecular weight is 197 g/mol. The van der Waals surface area contributed by atoms with Crippen molar-refractivity contribution in [1.29, 1.82) is 0 Å². The smallest absolute Gasteiger partial charge is 0.383 e. The van der Waals surface area contributed by atoms with Gasteiger partial charge in [0.15, 0.2) is 5.72 Å². The molecule has 0 fully saturated rings. The molecule has 0 heterocycles. The molecule has 6 heteroatoms. The van der Waals surface area contributed by atoms with Crippen LogP contribution in [0.5, 0.6) is 0 Å². The van der Waals surface area contributed by atoms with Gasteiger partial charge < -0.3 is 10.2 Å². The molecule has 1 unspecified atom stereocenters. The SMILES string of the molecule is CC(C)CC(N)(O)C(F)(F)C(=O)O. The Kier molecular flexibility index (Phi) is 3.34. The Morgan fingerprint density at radius 3 is 2.15 bits per heavy atom. The van der Waals surface area contributed by atoms with Gasteiger partial charge in [0.2, 0.25) is 0 Å². The summed E-state index contributed by atoms with van der Waals surface area (Å²) in [6.45, 7) is 3.10. The second kappa shape index (κ2) is 3.55. The third kappa shape index (κ3) is 2.60. The zero-order valence-electron chi connectivity index (χ0n) is 7.42. The Morgan fingerprint density at radius 2 is 1.92 bits per heavy atom. The van der Waals surface area contributed by atoms with Crippen LogP contribution in [-0.2, 0) is 4.79 Å². The highest BCUT2D eigenvalue weighted by atomic mass is 19.3. The van der Waals surface area contributed by atoms with Crippen LogP contribution < -0.4 is 5.73 Å². The third-order valence-corrected chi connectivity index (χ3v) is 1.53. The highest BCUT2D eigenvalue weighted by Crippen LogP contribution is 2.29. The molecule has 0 aliphatic rings. The number of carboxylic acids is 1. The Hall–Kier alpha value is -0.750. The van der Waals surface area contributed by atoms with Gasteiger partial charge in [-0.15, -0.1) is 0 Å². The number of hydrogen-bond donors (Lipinski definition) is 3. The summed E-state index contributed by atoms with van der Waals surface area (Å²) in [6.07, 6.45) is -0.480. The number of alkyl halides is 2. The Balaban J connectivity index is 4.70. The molecule has 0 spiro atoms. The maximum atomic E-state index is 12.7. The Bertz CT molecular complexity index is 204. The minimum absolute atomic E-state index is 0.319. The first-order chi connectivity index (χ1) is 5.61. The van der Waals surface area contributed by atoms with Gasteiger partial charge in [0.25, 0.3) is 0 Å². The second-order valence-electron chi connectivity index (χ2n) is 3.40. The van der Waals surface area contributed by atoms with Crippen molar-refractivity contribution in [3.05, 3.63) is 0 Å². The molecule has 0 radical (unpaired) electrons. The normalized spacial score (nSPS) is 17.2. The maximum Gasteiger partial charge on any atom is 0.383 e. The van der Waals surface area contributed by atoms with E-state index in [1.54, 1.807) is 13.8 Å². The molecule has 0 rings (SSSR count). The summed E-state index contributed by atoms with van der Waals surface area (Å²) >= 11 is 0. The second-order valence-corrected chi connectivity index (χ2v) is 3.40. The summed E-state index contributed by atoms with van der Waals surface area (Å²) in [5.74, 6) is -7.06. The van der Waals surface area contributed by atoms with E-state index in [0.717, 1.165) is 0 Å². The molecule has 4 N–H and O–H groups in total. The van der Waals surface area contributed by atoms with Crippen LogP contribution in [0.1, 0.15) is 20.3 Å². The van der Waals surface area contributed by atoms with Gasteiger partial charge in [0.1, 0.15) is 0 Å². The van der Waals surface area contributed by atoms with Gasteiger partial charge in [-0.05, 0) is 12.3 Å². The van der Waals surface area contributed by atoms with Gasteiger partial charge in [0.05, 0.1) is 0 Å². The van der Waals surface area contributed by atoms with E-state index in [0.29, 0.717) is 0 Å². The van der Waals surface area contributed by atoms with Gasteiger partial charge in [-0.3, -0.25) is 5.73 Å². The fourth-order valence-corrected chi connectivity index (χ4v) is 0.936. The predicted molar refractivity (Wildman–Crippen MR) is 41.2 cm³/mol. The van der Waals surface area contributed by atoms with Crippen molar-refractivity contribution in [2.45, 2.75) is 31.9 Å². The molecule has 4 nitrogen and oxygen atoms in total. The van der Waals surface area contributed by atoms with Gasteiger partial charge in [0, 0.05) is 0 Å². The fourth-order valence-electron chi connectivity index (χ4n) is 0.936. The van der Waals surface area contributed by atoms with Crippen molar-refractivity contribution < 1.29 is 23.8 Å². The fraction of sp³-hybridized carbons (Fsp3) is 0.857. The number of aliphatic hydroxyl groups is 1. The minimum Gasteiger partial charge on any atom is -0.477 e. The highest BCUT2D eigenvalue weighted by Gasteiger charge is 2.56. The lowest BCUT2D eigenvalue weighted by atomic mass is 9.95. The zero-order chi connectivity index (χ0) is 10.9. The van der Waals surface area contributed by atoms with Crippen LogP contribution >= 0.6 is 0 Å². The lowest BCUT2D eigenvalue weighted by Gasteiger charge is -2.30. The van der Waals surface area contributed by atoms with E-state index in [9.17, 15) is 13.6 Å². The summed E-state index contributed by atoms with van der Waals surface area (Å²) in [5.41, 5.74) is 1.83. The lowest BCUT2D eigenvalue weighted by molar-refractivity contribution is -0.210. The maximum absolute atomic E-state index is 12.7. The Labute approximate surface area is 74.3 Å². The molecule has 13 heavy (non-hydrogen) atoms. The van der Waals surface area contributed by atoms with Crippen LogP contribution in [0.3, 0.4) is 0 Å². The molecule has 0 bridgehead atoms. The number of carboxylic acid groups (broad SMARTS) is 1. The van der Waals surface area contributed by atoms with Crippen LogP contribution in [0, 0.1) is 5.92 Å². The summed E-state index contributed by atoms with van der Waals surface area (Å²) in [6, 6.07) is 0. The van der Waals surface area contributed by atoms with Crippen LogP contribution in [0.25, 0.3) is 0 Å². The van der Waals surface area contributed by atoms with Gasteiger partial charge in [-0.2, -0.15) is 8.78 Å². The summed E-state index contributed by atoms with van der Waals surface area (Å²) < 4.78 is 25.4. The van der Waals surface area contributed by atoms with Crippen LogP contribution in [0.4, 0.5) is 8.78 Å². The molecule has 0 amide bonds. The van der Waals surface area contributed by atoms with Crippen molar-refractivity contribution in [3.8, 4) is 0 Å². The number of halogens is 2. The summed E-state index contributed by atoms with van der Waals surface area (Å²) in [4.78, 5) is 10.1. The molecular formula is C7H13F2NO3. The molecule has 0 saturated carbocycles. The summed E-state index contributed by atoms with van der Waals surface area (Å²) in [5, 5.41) is 17.1. The first-order valence-corrected chi connectivity index (χ1v) is 3.73. The Morgan fingerprint density at radius 1 is 1.54 bits per heavy atom. The van der Waals surface area contributed by atoms with E-state index < -0.39 is 24.0 Å². The van der Waals surface area contributed by atoms with Crippen LogP contribution in [0.15, 0.2) is 0 Å². The van der Waals surface area contributed by atoms with Crippen molar-refractivity contribution >= 4 is 5.97 Å². The number of rotatable bonds is 4. The van der Waals surface area contributed by atoms with E-state index in [1.165, 1.54) is 0 Å². The minimum atomic E-state index is -4.32. The van der Waals surface area contributed by atoms with Crippen molar-refractivity contribution in [2.24, 2.45) is 11.7 Å². The number of carbonyl (C=O) groups is 1. The van der Waals surface area contributed by atoms with Crippen molar-refractivity contribution in [3.63, 3.8) is 0 Å². The molecule has 0 aromatic carbocycles. The predicted octanol–water partition coefficient (Wildman–Crippen LogP) is 0.400. The van der Waals surface area contributed by atoms with E-state index in [-0.39, 0.29) is 5.92 Å². The first-order valence-electron chi connectivity index (χ1n) is 3.73. The molecule has 0 aliphatic heterocycles. The van der Waals surface area contributed by atoms with Gasteiger partial charge in [-0.1, -0.05) is 13.8 Å². The van der Waals surface area contributed by atoms with Gasteiger partial charge in [-0.25, -0.2) is 4.79 Å². The number of hydrogen-bond acceptors (Lipinski definition) is 3. The first kappa shape index (κ1) is 12.2. The molecule has 0 aliphatic carbocycles. The molecular weight excluding hydrogens is 184 g/mol. The zero-order valence-corrected chi connectivity index (χ0v) is 7.42. The molecule has 0 aromatic rings. The van der Waals surface area contributed by atoms with Gasteiger partial charge >= 0.3 is 11.9 Å². The number of nitrogens with two attached hydrogens (primary N) is 1. The lowest BCUT2D eigenvalue weighted by Crippen LogP contribution is -2.60. The topological polar surface area (TPSA) is 83.5 Å². The van der Waals surface area contributed by atoms with E-state index in [1.807, 2.05) is 0 Å². The van der Waals surface area contributed by atoms with Crippen LogP contribution in [0.2, 0.25) is 0 Å². The average Bonchev–Trinajstić information content (AvgIpc) is 1.83. The molecule has 1 atom stereocenters. The van der Waals surface area contributed by atoms with E-state index in [4.69, 9.17) is 15.9 Å². The van der Waals surface area contributed by atoms with Crippen molar-refractivity contribution in [2.75, 3.05) is 0 Å². The van der Waals surface area contributed by atoms with E-state index in [2.05, 4.69) is 0 Å². The molecule has 78 valence electrons. The third-order valence-electron chi connectivity index (χ3n) is 1.53. The molecule has 0 saturated heterocycles. The highest BCUT2D eigenvalue weighted by molar-refractivity contribution is 5.76. The quantitative estimate of drug-likeness (QED) is 0.569. The van der Waals surface area contributed by atoms with Crippen molar-refractivity contribution in [1.82, 2.24) is 0 Å². The standard InChI is InChI=1S/C7H13F2NO3/c1-4(2)3-6(10,13)7(8,9)5(11)12/h4,13H,3,10H2,1-2H3,(H,11,12). The largest absolute Gasteiger partial charge is 0.477 e. The van der Waals surface area contributed by atoms with E-state index >= 15 is 0 Å². The monoisotopic (exact) mass is 197 g/mol. The summed E-state index contributed by atoms with van der Waals surface area (Å²) in [7, 11) is 0.